The number of hydrogen-bond acceptors (Lipinski definition) is 3. The molecule has 108 valence electrons. The minimum atomic E-state index is 0.301. The van der Waals surface area contributed by atoms with E-state index in [1.54, 1.807) is 0 Å². The second-order valence-electron chi connectivity index (χ2n) is 5.32. The summed E-state index contributed by atoms with van der Waals surface area (Å²) in [5, 5.41) is 3.65. The summed E-state index contributed by atoms with van der Waals surface area (Å²) in [7, 11) is 0. The van der Waals surface area contributed by atoms with Crippen molar-refractivity contribution in [2.24, 2.45) is 0 Å². The molecule has 0 aliphatic rings. The Morgan fingerprint density at radius 3 is 2.40 bits per heavy atom. The molecule has 0 radical (unpaired) electrons. The molecule has 0 aliphatic carbocycles. The largest absolute Gasteiger partial charge is 0.466 e. The van der Waals surface area contributed by atoms with Gasteiger partial charge in [0, 0.05) is 24.0 Å². The summed E-state index contributed by atoms with van der Waals surface area (Å²) < 4.78 is 5.79. The molecule has 2 aromatic rings. The van der Waals surface area contributed by atoms with Crippen LogP contribution in [0.4, 0.5) is 0 Å². The van der Waals surface area contributed by atoms with Crippen molar-refractivity contribution in [3.05, 3.63) is 52.7 Å². The van der Waals surface area contributed by atoms with Crippen molar-refractivity contribution in [2.45, 2.75) is 46.6 Å². The summed E-state index contributed by atoms with van der Waals surface area (Å²) in [6.45, 7) is 9.45. The molecule has 0 spiro atoms. The van der Waals surface area contributed by atoms with Gasteiger partial charge in [0.2, 0.25) is 0 Å². The lowest BCUT2D eigenvalue weighted by atomic mass is 9.96. The van der Waals surface area contributed by atoms with E-state index < -0.39 is 0 Å². The number of nitrogens with one attached hydrogen (secondary N) is 1. The quantitative estimate of drug-likeness (QED) is 0.867. The molecular weight excluding hydrogens is 248 g/mol. The van der Waals surface area contributed by atoms with Gasteiger partial charge in [0.1, 0.15) is 11.5 Å². The van der Waals surface area contributed by atoms with Gasteiger partial charge in [0.15, 0.2) is 0 Å². The highest BCUT2D eigenvalue weighted by molar-refractivity contribution is 5.35. The molecule has 1 N–H and O–H groups in total. The van der Waals surface area contributed by atoms with Crippen molar-refractivity contribution in [1.29, 1.82) is 0 Å². The molecule has 0 saturated carbocycles. The third-order valence-electron chi connectivity index (χ3n) is 3.80. The predicted molar refractivity (Wildman–Crippen MR) is 81.9 cm³/mol. The van der Waals surface area contributed by atoms with Gasteiger partial charge in [-0.25, -0.2) is 0 Å². The van der Waals surface area contributed by atoms with Gasteiger partial charge >= 0.3 is 0 Å². The molecule has 0 aromatic carbocycles. The Labute approximate surface area is 121 Å². The van der Waals surface area contributed by atoms with E-state index in [-0.39, 0.29) is 0 Å². The van der Waals surface area contributed by atoms with E-state index in [1.165, 1.54) is 16.7 Å². The van der Waals surface area contributed by atoms with Gasteiger partial charge < -0.3 is 9.73 Å². The number of rotatable bonds is 6. The zero-order valence-corrected chi connectivity index (χ0v) is 12.9. The molecule has 0 bridgehead atoms. The second kappa shape index (κ2) is 6.71. The minimum Gasteiger partial charge on any atom is -0.466 e. The van der Waals surface area contributed by atoms with Gasteiger partial charge in [-0.15, -0.1) is 0 Å². The highest BCUT2D eigenvalue weighted by Gasteiger charge is 2.20. The predicted octanol–water partition coefficient (Wildman–Crippen LogP) is 3.88. The SMILES string of the molecule is CCCNC(Cc1ccncc1)c1c(C)oc(C)c1C. The van der Waals surface area contributed by atoms with Crippen LogP contribution >= 0.6 is 0 Å². The smallest absolute Gasteiger partial charge is 0.106 e. The molecule has 0 saturated heterocycles. The number of pyridine rings is 1. The van der Waals surface area contributed by atoms with Crippen LogP contribution in [-0.4, -0.2) is 11.5 Å². The molecular formula is C17H24N2O. The average Bonchev–Trinajstić information content (AvgIpc) is 2.70. The molecule has 2 heterocycles. The third kappa shape index (κ3) is 3.28. The molecule has 0 aliphatic heterocycles. The number of furan rings is 1. The van der Waals surface area contributed by atoms with Gasteiger partial charge in [-0.1, -0.05) is 6.92 Å². The highest BCUT2D eigenvalue weighted by Crippen LogP contribution is 2.29. The van der Waals surface area contributed by atoms with Gasteiger partial charge in [-0.05, 0) is 63.4 Å². The summed E-state index contributed by atoms with van der Waals surface area (Å²) >= 11 is 0. The van der Waals surface area contributed by atoms with Crippen molar-refractivity contribution in [2.75, 3.05) is 6.54 Å². The fourth-order valence-corrected chi connectivity index (χ4v) is 2.67. The van der Waals surface area contributed by atoms with Crippen LogP contribution in [0.2, 0.25) is 0 Å². The summed E-state index contributed by atoms with van der Waals surface area (Å²) in [5.41, 5.74) is 3.88. The zero-order chi connectivity index (χ0) is 14.5. The third-order valence-corrected chi connectivity index (χ3v) is 3.80. The van der Waals surface area contributed by atoms with E-state index in [1.807, 2.05) is 19.3 Å². The number of hydrogen-bond donors (Lipinski definition) is 1. The first-order chi connectivity index (χ1) is 9.63. The zero-order valence-electron chi connectivity index (χ0n) is 12.9. The monoisotopic (exact) mass is 272 g/mol. The van der Waals surface area contributed by atoms with Crippen molar-refractivity contribution < 1.29 is 4.42 Å². The second-order valence-corrected chi connectivity index (χ2v) is 5.32. The maximum absolute atomic E-state index is 5.79. The number of aromatic nitrogens is 1. The summed E-state index contributed by atoms with van der Waals surface area (Å²) in [4.78, 5) is 4.09. The van der Waals surface area contributed by atoms with Crippen molar-refractivity contribution in [3.63, 3.8) is 0 Å². The molecule has 2 aromatic heterocycles. The van der Waals surface area contributed by atoms with Gasteiger partial charge in [0.05, 0.1) is 0 Å². The average molecular weight is 272 g/mol. The normalized spacial score (nSPS) is 12.6. The Morgan fingerprint density at radius 2 is 1.85 bits per heavy atom. The van der Waals surface area contributed by atoms with E-state index in [0.29, 0.717) is 6.04 Å². The number of aryl methyl sites for hydroxylation is 2. The molecule has 3 heteroatoms. The van der Waals surface area contributed by atoms with E-state index in [9.17, 15) is 0 Å². The van der Waals surface area contributed by atoms with Crippen LogP contribution in [0.25, 0.3) is 0 Å². The van der Waals surface area contributed by atoms with E-state index in [0.717, 1.165) is 30.9 Å². The van der Waals surface area contributed by atoms with Crippen molar-refractivity contribution >= 4 is 0 Å². The lowest BCUT2D eigenvalue weighted by Crippen LogP contribution is -2.25. The lowest BCUT2D eigenvalue weighted by molar-refractivity contribution is 0.480. The fraction of sp³-hybridized carbons (Fsp3) is 0.471. The van der Waals surface area contributed by atoms with Crippen LogP contribution in [0.15, 0.2) is 28.9 Å². The minimum absolute atomic E-state index is 0.301. The van der Waals surface area contributed by atoms with E-state index >= 15 is 0 Å². The fourth-order valence-electron chi connectivity index (χ4n) is 2.67. The maximum Gasteiger partial charge on any atom is 0.106 e. The molecule has 3 nitrogen and oxygen atoms in total. The molecule has 0 amide bonds. The van der Waals surface area contributed by atoms with Crippen LogP contribution in [-0.2, 0) is 6.42 Å². The topological polar surface area (TPSA) is 38.1 Å². The van der Waals surface area contributed by atoms with Crippen molar-refractivity contribution in [3.8, 4) is 0 Å². The van der Waals surface area contributed by atoms with Crippen LogP contribution < -0.4 is 5.32 Å². The molecule has 2 rings (SSSR count). The Balaban J connectivity index is 2.27. The first kappa shape index (κ1) is 14.8. The Bertz CT molecular complexity index is 546. The van der Waals surface area contributed by atoms with E-state index in [4.69, 9.17) is 4.42 Å². The standard InChI is InChI=1S/C17H24N2O/c1-5-8-19-16(11-15-6-9-18-10-7-15)17-12(2)13(3)20-14(17)4/h6-7,9-10,16,19H,5,8,11H2,1-4H3. The Morgan fingerprint density at radius 1 is 1.15 bits per heavy atom. The number of nitrogens with zero attached hydrogens (tertiary/aromatic N) is 1. The van der Waals surface area contributed by atoms with Gasteiger partial charge in [-0.2, -0.15) is 0 Å². The molecule has 1 unspecified atom stereocenters. The van der Waals surface area contributed by atoms with Crippen LogP contribution in [0.5, 0.6) is 0 Å². The lowest BCUT2D eigenvalue weighted by Gasteiger charge is -2.19. The summed E-state index contributed by atoms with van der Waals surface area (Å²) in [5.74, 6) is 2.05. The van der Waals surface area contributed by atoms with E-state index in [2.05, 4.69) is 43.2 Å². The van der Waals surface area contributed by atoms with Crippen LogP contribution in [0.3, 0.4) is 0 Å². The Kier molecular flexibility index (Phi) is 4.96. The van der Waals surface area contributed by atoms with Gasteiger partial charge in [-0.3, -0.25) is 4.98 Å². The Hall–Kier alpha value is -1.61. The first-order valence-corrected chi connectivity index (χ1v) is 7.32. The van der Waals surface area contributed by atoms with Crippen LogP contribution in [0, 0.1) is 20.8 Å². The maximum atomic E-state index is 5.79. The molecule has 1 atom stereocenters. The molecule has 0 fully saturated rings. The highest BCUT2D eigenvalue weighted by atomic mass is 16.3. The summed E-state index contributed by atoms with van der Waals surface area (Å²) in [6.07, 6.45) is 5.80. The summed E-state index contributed by atoms with van der Waals surface area (Å²) in [6, 6.07) is 4.46. The van der Waals surface area contributed by atoms with Crippen LogP contribution in [0.1, 0.15) is 47.6 Å². The van der Waals surface area contributed by atoms with Crippen molar-refractivity contribution in [1.82, 2.24) is 10.3 Å². The first-order valence-electron chi connectivity index (χ1n) is 7.32. The molecule has 20 heavy (non-hydrogen) atoms. The van der Waals surface area contributed by atoms with Gasteiger partial charge in [0.25, 0.3) is 0 Å².